The summed E-state index contributed by atoms with van der Waals surface area (Å²) in [6.45, 7) is 3.70. The van der Waals surface area contributed by atoms with Crippen LogP contribution in [0.4, 0.5) is 19.1 Å². The third kappa shape index (κ3) is 3.96. The Labute approximate surface area is 120 Å². The Morgan fingerprint density at radius 1 is 1.20 bits per heavy atom. The van der Waals surface area contributed by atoms with Crippen LogP contribution in [0.15, 0.2) is 12.3 Å². The highest BCUT2D eigenvalue weighted by Crippen LogP contribution is 2.28. The van der Waals surface area contributed by atoms with Gasteiger partial charge in [0.2, 0.25) is 5.95 Å². The van der Waals surface area contributed by atoms with E-state index in [1.165, 1.54) is 0 Å². The van der Waals surface area contributed by atoms with Crippen LogP contribution in [0.3, 0.4) is 0 Å². The van der Waals surface area contributed by atoms with Crippen LogP contribution in [0.25, 0.3) is 0 Å². The van der Waals surface area contributed by atoms with Gasteiger partial charge in [-0.15, -0.1) is 11.6 Å². The maximum Gasteiger partial charge on any atom is 0.433 e. The maximum absolute atomic E-state index is 12.6. The highest BCUT2D eigenvalue weighted by molar-refractivity contribution is 6.18. The second-order valence-electron chi connectivity index (χ2n) is 4.61. The van der Waals surface area contributed by atoms with Crippen molar-refractivity contribution in [1.82, 2.24) is 14.9 Å². The minimum Gasteiger partial charge on any atom is -0.339 e. The molecule has 4 nitrogen and oxygen atoms in total. The van der Waals surface area contributed by atoms with E-state index in [1.807, 2.05) is 0 Å². The SMILES string of the molecule is FC(F)(F)c1ccnc(N2CCCN(CCCl)CC2)n1. The van der Waals surface area contributed by atoms with E-state index in [2.05, 4.69) is 14.9 Å². The molecule has 0 atom stereocenters. The van der Waals surface area contributed by atoms with Crippen molar-refractivity contribution >= 4 is 17.5 Å². The summed E-state index contributed by atoms with van der Waals surface area (Å²) in [5.74, 6) is 0.701. The van der Waals surface area contributed by atoms with E-state index >= 15 is 0 Å². The molecular formula is C12H16ClF3N4. The molecule has 20 heavy (non-hydrogen) atoms. The van der Waals surface area contributed by atoms with Gasteiger partial charge in [-0.25, -0.2) is 9.97 Å². The third-order valence-corrected chi connectivity index (χ3v) is 3.37. The smallest absolute Gasteiger partial charge is 0.339 e. The summed E-state index contributed by atoms with van der Waals surface area (Å²) in [6.07, 6.45) is -2.42. The summed E-state index contributed by atoms with van der Waals surface area (Å²) in [5, 5.41) is 0. The molecular weight excluding hydrogens is 293 g/mol. The largest absolute Gasteiger partial charge is 0.433 e. The van der Waals surface area contributed by atoms with Crippen LogP contribution in [0, 0.1) is 0 Å². The highest BCUT2D eigenvalue weighted by Gasteiger charge is 2.33. The molecule has 0 amide bonds. The van der Waals surface area contributed by atoms with Crippen LogP contribution in [0.5, 0.6) is 0 Å². The van der Waals surface area contributed by atoms with Crippen molar-refractivity contribution in [3.05, 3.63) is 18.0 Å². The van der Waals surface area contributed by atoms with Crippen LogP contribution in [-0.4, -0.2) is 53.5 Å². The molecule has 1 aromatic heterocycles. The normalized spacial score (nSPS) is 18.1. The van der Waals surface area contributed by atoms with Crippen LogP contribution in [0.2, 0.25) is 0 Å². The first-order chi connectivity index (χ1) is 9.50. The van der Waals surface area contributed by atoms with Gasteiger partial charge < -0.3 is 9.80 Å². The summed E-state index contributed by atoms with van der Waals surface area (Å²) in [4.78, 5) is 11.6. The predicted molar refractivity (Wildman–Crippen MR) is 71.0 cm³/mol. The number of hydrogen-bond donors (Lipinski definition) is 0. The van der Waals surface area contributed by atoms with Crippen molar-refractivity contribution in [3.63, 3.8) is 0 Å². The Hall–Kier alpha value is -1.08. The van der Waals surface area contributed by atoms with Crippen molar-refractivity contribution in [1.29, 1.82) is 0 Å². The molecule has 0 aliphatic carbocycles. The fraction of sp³-hybridized carbons (Fsp3) is 0.667. The quantitative estimate of drug-likeness (QED) is 0.802. The molecule has 8 heteroatoms. The van der Waals surface area contributed by atoms with Crippen LogP contribution >= 0.6 is 11.6 Å². The predicted octanol–water partition coefficient (Wildman–Crippen LogP) is 2.25. The van der Waals surface area contributed by atoms with E-state index < -0.39 is 11.9 Å². The molecule has 112 valence electrons. The molecule has 1 saturated heterocycles. The Bertz CT molecular complexity index is 441. The van der Waals surface area contributed by atoms with Gasteiger partial charge in [0.05, 0.1) is 0 Å². The number of aromatic nitrogens is 2. The minimum absolute atomic E-state index is 0.146. The summed E-state index contributed by atoms with van der Waals surface area (Å²) < 4.78 is 37.9. The lowest BCUT2D eigenvalue weighted by Crippen LogP contribution is -2.32. The Morgan fingerprint density at radius 3 is 2.70 bits per heavy atom. The second kappa shape index (κ2) is 6.58. The lowest BCUT2D eigenvalue weighted by atomic mass is 10.4. The maximum atomic E-state index is 12.6. The molecule has 0 aromatic carbocycles. The molecule has 1 aromatic rings. The molecule has 2 rings (SSSR count). The van der Waals surface area contributed by atoms with Crippen molar-refractivity contribution in [3.8, 4) is 0 Å². The van der Waals surface area contributed by atoms with E-state index in [1.54, 1.807) is 4.90 Å². The molecule has 0 radical (unpaired) electrons. The topological polar surface area (TPSA) is 32.3 Å². The molecule has 1 aliphatic heterocycles. The van der Waals surface area contributed by atoms with Gasteiger partial charge in [0.1, 0.15) is 5.69 Å². The van der Waals surface area contributed by atoms with Crippen molar-refractivity contribution in [2.75, 3.05) is 43.5 Å². The molecule has 1 aliphatic rings. The number of halogens is 4. The first kappa shape index (κ1) is 15.3. The number of rotatable bonds is 3. The first-order valence-corrected chi connectivity index (χ1v) is 6.97. The lowest BCUT2D eigenvalue weighted by Gasteiger charge is -2.21. The van der Waals surface area contributed by atoms with Gasteiger partial charge in [0, 0.05) is 38.3 Å². The van der Waals surface area contributed by atoms with Gasteiger partial charge in [-0.1, -0.05) is 0 Å². The lowest BCUT2D eigenvalue weighted by molar-refractivity contribution is -0.141. The molecule has 0 spiro atoms. The van der Waals surface area contributed by atoms with Crippen molar-refractivity contribution in [2.24, 2.45) is 0 Å². The zero-order valence-electron chi connectivity index (χ0n) is 10.9. The Balaban J connectivity index is 2.08. The summed E-state index contributed by atoms with van der Waals surface area (Å²) in [7, 11) is 0. The monoisotopic (exact) mass is 308 g/mol. The Morgan fingerprint density at radius 2 is 2.00 bits per heavy atom. The number of nitrogens with zero attached hydrogens (tertiary/aromatic N) is 4. The van der Waals surface area contributed by atoms with Gasteiger partial charge >= 0.3 is 6.18 Å². The van der Waals surface area contributed by atoms with E-state index in [9.17, 15) is 13.2 Å². The number of alkyl halides is 4. The zero-order valence-corrected chi connectivity index (χ0v) is 11.7. The molecule has 0 saturated carbocycles. The van der Waals surface area contributed by atoms with Crippen LogP contribution in [0.1, 0.15) is 12.1 Å². The minimum atomic E-state index is -4.44. The molecule has 0 unspecified atom stereocenters. The fourth-order valence-corrected chi connectivity index (χ4v) is 2.41. The first-order valence-electron chi connectivity index (χ1n) is 6.44. The summed E-state index contributed by atoms with van der Waals surface area (Å²) in [5.41, 5.74) is -0.899. The third-order valence-electron chi connectivity index (χ3n) is 3.21. The molecule has 1 fully saturated rings. The van der Waals surface area contributed by atoms with E-state index in [0.717, 1.165) is 38.3 Å². The zero-order chi connectivity index (χ0) is 14.6. The average Bonchev–Trinajstić information content (AvgIpc) is 2.64. The summed E-state index contributed by atoms with van der Waals surface area (Å²) >= 11 is 5.71. The molecule has 2 heterocycles. The molecule has 0 bridgehead atoms. The fourth-order valence-electron chi connectivity index (χ4n) is 2.17. The van der Waals surface area contributed by atoms with Crippen LogP contribution in [-0.2, 0) is 6.18 Å². The van der Waals surface area contributed by atoms with Crippen molar-refractivity contribution in [2.45, 2.75) is 12.6 Å². The van der Waals surface area contributed by atoms with E-state index in [0.29, 0.717) is 19.0 Å². The van der Waals surface area contributed by atoms with Gasteiger partial charge in [-0.3, -0.25) is 0 Å². The summed E-state index contributed by atoms with van der Waals surface area (Å²) in [6, 6.07) is 0.890. The highest BCUT2D eigenvalue weighted by atomic mass is 35.5. The van der Waals surface area contributed by atoms with Gasteiger partial charge in [0.25, 0.3) is 0 Å². The number of anilines is 1. The molecule has 0 N–H and O–H groups in total. The van der Waals surface area contributed by atoms with Gasteiger partial charge in [-0.05, 0) is 19.0 Å². The number of hydrogen-bond acceptors (Lipinski definition) is 4. The van der Waals surface area contributed by atoms with Gasteiger partial charge in [-0.2, -0.15) is 13.2 Å². The van der Waals surface area contributed by atoms with Gasteiger partial charge in [0.15, 0.2) is 0 Å². The Kier molecular flexibility index (Phi) is 5.04. The standard InChI is InChI=1S/C12H16ClF3N4/c13-3-7-19-5-1-6-20(9-8-19)11-17-4-2-10(18-11)12(14,15)16/h2,4H,1,3,5-9H2. The van der Waals surface area contributed by atoms with E-state index in [-0.39, 0.29) is 5.95 Å². The average molecular weight is 309 g/mol. The van der Waals surface area contributed by atoms with Crippen LogP contribution < -0.4 is 4.90 Å². The van der Waals surface area contributed by atoms with E-state index in [4.69, 9.17) is 11.6 Å². The van der Waals surface area contributed by atoms with Crippen molar-refractivity contribution < 1.29 is 13.2 Å². The second-order valence-corrected chi connectivity index (χ2v) is 4.99.